The van der Waals surface area contributed by atoms with Gasteiger partial charge in [-0.05, 0) is 32.4 Å². The van der Waals surface area contributed by atoms with Crippen molar-refractivity contribution in [2.75, 3.05) is 6.54 Å². The minimum absolute atomic E-state index is 0.0144. The van der Waals surface area contributed by atoms with E-state index in [9.17, 15) is 38.6 Å². The molecule has 13 N–H and O–H groups in total. The maximum Gasteiger partial charge on any atom is 0.246 e. The van der Waals surface area contributed by atoms with E-state index in [0.717, 1.165) is 6.07 Å². The molecule has 0 aromatic heterocycles. The number of hydrogen-bond donors (Lipinski definition) is 11. The number of carbonyl (C=O) groups is 5. The highest BCUT2D eigenvalue weighted by molar-refractivity contribution is 5.97. The van der Waals surface area contributed by atoms with E-state index in [1.165, 1.54) is 39.0 Å². The Morgan fingerprint density at radius 1 is 1.05 bits per heavy atom. The molecule has 0 saturated heterocycles. The van der Waals surface area contributed by atoms with Crippen LogP contribution in [0.1, 0.15) is 32.8 Å². The lowest BCUT2D eigenvalue weighted by Gasteiger charge is -2.34. The zero-order valence-electron chi connectivity index (χ0n) is 23.2. The van der Waals surface area contributed by atoms with Gasteiger partial charge in [-0.15, -0.1) is 10.6 Å². The summed E-state index contributed by atoms with van der Waals surface area (Å²) in [6, 6.07) is 1.20. The number of amides is 5. The van der Waals surface area contributed by atoms with Crippen molar-refractivity contribution in [3.05, 3.63) is 35.6 Å². The second-order valence-corrected chi connectivity index (χ2v) is 9.92. The third kappa shape index (κ3) is 9.61. The van der Waals surface area contributed by atoms with Crippen molar-refractivity contribution in [3.8, 4) is 0 Å². The monoisotopic (exact) mass is 596 g/mol. The first-order valence-electron chi connectivity index (χ1n) is 12.8. The largest absolute Gasteiger partial charge is 0.391 e. The number of benzene rings is 1. The summed E-state index contributed by atoms with van der Waals surface area (Å²) in [7, 11) is 0. The van der Waals surface area contributed by atoms with Crippen molar-refractivity contribution < 1.29 is 38.6 Å². The molecule has 18 heteroatoms. The molecule has 17 nitrogen and oxygen atoms in total. The van der Waals surface area contributed by atoms with E-state index in [4.69, 9.17) is 11.5 Å². The Kier molecular flexibility index (Phi) is 12.1. The van der Waals surface area contributed by atoms with E-state index in [1.54, 1.807) is 0 Å². The lowest BCUT2D eigenvalue weighted by atomic mass is 9.90. The third-order valence-electron chi connectivity index (χ3n) is 6.19. The number of hydrazine groups is 2. The molecule has 1 aromatic rings. The van der Waals surface area contributed by atoms with Gasteiger partial charge in [0.2, 0.25) is 29.5 Å². The second kappa shape index (κ2) is 15.0. The first-order chi connectivity index (χ1) is 19.6. The van der Waals surface area contributed by atoms with Crippen LogP contribution in [0.2, 0.25) is 0 Å². The summed E-state index contributed by atoms with van der Waals surface area (Å²) in [6.07, 6.45) is -3.30. The fraction of sp³-hybridized carbons (Fsp3) is 0.500. The number of rotatable bonds is 15. The van der Waals surface area contributed by atoms with Gasteiger partial charge in [-0.2, -0.15) is 0 Å². The van der Waals surface area contributed by atoms with Gasteiger partial charge >= 0.3 is 0 Å². The molecule has 1 aliphatic rings. The molecule has 2 rings (SSSR count). The van der Waals surface area contributed by atoms with E-state index in [1.807, 2.05) is 0 Å². The molecular weight excluding hydrogens is 559 g/mol. The zero-order valence-corrected chi connectivity index (χ0v) is 23.2. The summed E-state index contributed by atoms with van der Waals surface area (Å²) in [4.78, 5) is 63.1. The summed E-state index contributed by atoms with van der Waals surface area (Å²) < 4.78 is 14.5. The van der Waals surface area contributed by atoms with Gasteiger partial charge in [0, 0.05) is 12.8 Å². The standard InChI is InChI=1S/C24H37FN10O7/c1-11(36)18(20(27)39)30-23(42)24(3,9-13-6-4-5-7-14(13)25)31-22(41)19(12(2)37)29-17(38)10-28-21(40)15(26)8-16-32-34-35-33-16/h4-7,11-12,15,18-19,34-37H,8-10,26H2,1-3H3,(H2,27,39)(H,28,40)(H,29,38)(H,30,42)(H,31,41)(H,32,33)/t11-,12-,15+,18+,19+,24+/m1/s1. The number of hydrogen-bond acceptors (Lipinski definition) is 12. The van der Waals surface area contributed by atoms with Crippen LogP contribution in [-0.4, -0.2) is 88.0 Å². The van der Waals surface area contributed by atoms with Crippen molar-refractivity contribution >= 4 is 35.4 Å². The van der Waals surface area contributed by atoms with Crippen LogP contribution >= 0.6 is 0 Å². The van der Waals surface area contributed by atoms with Crippen LogP contribution in [0.25, 0.3) is 0 Å². The van der Waals surface area contributed by atoms with Crippen molar-refractivity contribution in [2.24, 2.45) is 16.6 Å². The van der Waals surface area contributed by atoms with Crippen LogP contribution in [0.3, 0.4) is 0 Å². The lowest BCUT2D eigenvalue weighted by Crippen LogP contribution is -2.66. The number of halogens is 1. The van der Waals surface area contributed by atoms with Gasteiger partial charge in [0.1, 0.15) is 29.3 Å². The molecule has 0 bridgehead atoms. The Balaban J connectivity index is 2.16. The molecule has 0 spiro atoms. The Hall–Kier alpha value is -4.39. The van der Waals surface area contributed by atoms with Crippen LogP contribution in [0.4, 0.5) is 4.39 Å². The molecule has 0 aliphatic carbocycles. The Labute approximate surface area is 240 Å². The molecule has 0 radical (unpaired) electrons. The van der Waals surface area contributed by atoms with E-state index >= 15 is 0 Å². The summed E-state index contributed by atoms with van der Waals surface area (Å²) in [5.74, 6) is -5.03. The molecule has 6 atom stereocenters. The Morgan fingerprint density at radius 2 is 1.69 bits per heavy atom. The Morgan fingerprint density at radius 3 is 2.24 bits per heavy atom. The van der Waals surface area contributed by atoms with E-state index in [-0.39, 0.29) is 12.0 Å². The molecule has 1 aromatic carbocycles. The predicted octanol–water partition coefficient (Wildman–Crippen LogP) is -4.78. The molecule has 1 aliphatic heterocycles. The van der Waals surface area contributed by atoms with Crippen LogP contribution in [-0.2, 0) is 30.4 Å². The fourth-order valence-corrected chi connectivity index (χ4v) is 3.83. The number of amidine groups is 1. The van der Waals surface area contributed by atoms with E-state index in [2.05, 4.69) is 42.9 Å². The van der Waals surface area contributed by atoms with Gasteiger partial charge in [0.15, 0.2) is 0 Å². The maximum absolute atomic E-state index is 14.5. The van der Waals surface area contributed by atoms with Gasteiger partial charge in [0.05, 0.1) is 24.8 Å². The summed E-state index contributed by atoms with van der Waals surface area (Å²) in [5, 5.41) is 33.1. The molecule has 0 unspecified atom stereocenters. The molecule has 0 saturated carbocycles. The number of hydrazone groups is 1. The zero-order chi connectivity index (χ0) is 31.6. The molecular formula is C24H37FN10O7. The highest BCUT2D eigenvalue weighted by Crippen LogP contribution is 2.18. The molecule has 1 heterocycles. The van der Waals surface area contributed by atoms with E-state index in [0.29, 0.717) is 5.84 Å². The van der Waals surface area contributed by atoms with Gasteiger partial charge in [-0.3, -0.25) is 29.4 Å². The highest BCUT2D eigenvalue weighted by Gasteiger charge is 2.41. The second-order valence-electron chi connectivity index (χ2n) is 9.92. The number of nitrogens with zero attached hydrogens (tertiary/aromatic N) is 1. The highest BCUT2D eigenvalue weighted by atomic mass is 19.1. The van der Waals surface area contributed by atoms with Gasteiger partial charge in [0.25, 0.3) is 0 Å². The maximum atomic E-state index is 14.5. The number of nitrogens with one attached hydrogen (secondary N) is 7. The average Bonchev–Trinajstić information content (AvgIpc) is 3.42. The minimum atomic E-state index is -1.97. The normalized spacial score (nSPS) is 17.5. The minimum Gasteiger partial charge on any atom is -0.391 e. The van der Waals surface area contributed by atoms with Crippen molar-refractivity contribution in [3.63, 3.8) is 0 Å². The van der Waals surface area contributed by atoms with Gasteiger partial charge < -0.3 is 42.9 Å². The summed E-state index contributed by atoms with van der Waals surface area (Å²) in [5.41, 5.74) is 16.6. The summed E-state index contributed by atoms with van der Waals surface area (Å²) >= 11 is 0. The smallest absolute Gasteiger partial charge is 0.246 e. The van der Waals surface area contributed by atoms with E-state index < -0.39 is 84.2 Å². The molecule has 232 valence electrons. The molecule has 0 fully saturated rings. The fourth-order valence-electron chi connectivity index (χ4n) is 3.83. The number of primary amides is 1. The SMILES string of the molecule is C[C@@H](O)[C@H](NC(=O)[C@](C)(Cc1ccccc1F)NC(=O)[C@@H](NC(=O)CNC(=O)[C@@H](N)CC1=NNNN1)[C@@H](C)O)C(N)=O. The summed E-state index contributed by atoms with van der Waals surface area (Å²) in [6.45, 7) is 3.02. The molecule has 5 amide bonds. The number of nitrogens with two attached hydrogens (primary N) is 2. The van der Waals surface area contributed by atoms with Crippen LogP contribution in [0.5, 0.6) is 0 Å². The molecule has 42 heavy (non-hydrogen) atoms. The van der Waals surface area contributed by atoms with Crippen LogP contribution in [0, 0.1) is 5.82 Å². The number of aliphatic hydroxyl groups excluding tert-OH is 2. The first kappa shape index (κ1) is 33.8. The number of aliphatic hydroxyl groups is 2. The topological polar surface area (TPSA) is 274 Å². The van der Waals surface area contributed by atoms with Crippen molar-refractivity contribution in [1.82, 2.24) is 37.8 Å². The van der Waals surface area contributed by atoms with Gasteiger partial charge in [-0.25, -0.2) is 9.93 Å². The third-order valence-corrected chi connectivity index (χ3v) is 6.19. The van der Waals surface area contributed by atoms with Crippen LogP contribution < -0.4 is 49.2 Å². The first-order valence-corrected chi connectivity index (χ1v) is 12.8. The number of carbonyl (C=O) groups excluding carboxylic acids is 5. The quantitative estimate of drug-likeness (QED) is 0.0914. The van der Waals surface area contributed by atoms with Crippen molar-refractivity contribution in [1.29, 1.82) is 0 Å². The lowest BCUT2D eigenvalue weighted by molar-refractivity contribution is -0.138. The predicted molar refractivity (Wildman–Crippen MR) is 146 cm³/mol. The Bertz CT molecular complexity index is 1200. The van der Waals surface area contributed by atoms with Crippen molar-refractivity contribution in [2.45, 2.75) is 69.5 Å². The van der Waals surface area contributed by atoms with Gasteiger partial charge in [-0.1, -0.05) is 18.2 Å². The van der Waals surface area contributed by atoms with Crippen LogP contribution in [0.15, 0.2) is 29.4 Å². The average molecular weight is 597 g/mol.